The summed E-state index contributed by atoms with van der Waals surface area (Å²) in [6, 6.07) is 0.945. The van der Waals surface area contributed by atoms with Crippen molar-refractivity contribution >= 4 is 22.9 Å². The maximum atomic E-state index is 12.9. The van der Waals surface area contributed by atoms with Crippen LogP contribution in [0.5, 0.6) is 0 Å². The third-order valence-corrected chi connectivity index (χ3v) is 4.52. The smallest absolute Gasteiger partial charge is 0.332 e. The first-order valence-corrected chi connectivity index (χ1v) is 8.71. The normalized spacial score (nSPS) is 12.4. The number of imidazole rings is 1. The van der Waals surface area contributed by atoms with Crippen LogP contribution in [0.25, 0.3) is 11.2 Å². The first-order valence-electron chi connectivity index (χ1n) is 8.71. The number of nitrogens with zero attached hydrogens (tertiary/aromatic N) is 5. The van der Waals surface area contributed by atoms with Gasteiger partial charge in [0.1, 0.15) is 11.8 Å². The number of hydrogen-bond acceptors (Lipinski definition) is 6. The summed E-state index contributed by atoms with van der Waals surface area (Å²) in [5.74, 6) is 0.558. The van der Waals surface area contributed by atoms with Crippen LogP contribution in [-0.2, 0) is 18.9 Å². The molecule has 3 aromatic heterocycles. The van der Waals surface area contributed by atoms with Crippen LogP contribution in [0, 0.1) is 6.92 Å². The van der Waals surface area contributed by atoms with Gasteiger partial charge < -0.3 is 14.4 Å². The molecule has 0 radical (unpaired) electrons. The fourth-order valence-electron chi connectivity index (χ4n) is 3.03. The summed E-state index contributed by atoms with van der Waals surface area (Å²) in [4.78, 5) is 41.9. The Balaban J connectivity index is 2.09. The maximum Gasteiger partial charge on any atom is 0.332 e. The molecule has 0 fully saturated rings. The number of aryl methyl sites for hydroxylation is 2. The van der Waals surface area contributed by atoms with E-state index in [-0.39, 0.29) is 17.1 Å². The fraction of sp³-hybridized carbons (Fsp3) is 0.471. The number of nitrogens with one attached hydrogen (secondary N) is 1. The lowest BCUT2D eigenvalue weighted by molar-refractivity contribution is -0.119. The number of unbranched alkanes of at least 4 members (excludes halogenated alkanes) is 1. The molecule has 10 nitrogen and oxygen atoms in total. The highest BCUT2D eigenvalue weighted by Crippen LogP contribution is 2.21. The van der Waals surface area contributed by atoms with Crippen molar-refractivity contribution in [1.29, 1.82) is 0 Å². The van der Waals surface area contributed by atoms with Gasteiger partial charge in [-0.3, -0.25) is 18.7 Å². The van der Waals surface area contributed by atoms with Gasteiger partial charge in [-0.2, -0.15) is 0 Å². The molecule has 3 aromatic rings. The van der Waals surface area contributed by atoms with Crippen LogP contribution in [0.15, 0.2) is 26.5 Å². The van der Waals surface area contributed by atoms with Gasteiger partial charge in [0.15, 0.2) is 17.0 Å². The van der Waals surface area contributed by atoms with Crippen molar-refractivity contribution in [1.82, 2.24) is 23.8 Å². The molecule has 1 amide bonds. The van der Waals surface area contributed by atoms with Gasteiger partial charge >= 0.3 is 5.69 Å². The summed E-state index contributed by atoms with van der Waals surface area (Å²) in [6.07, 6.45) is 3.60. The molecule has 0 bridgehead atoms. The highest BCUT2D eigenvalue weighted by Gasteiger charge is 2.25. The van der Waals surface area contributed by atoms with E-state index in [2.05, 4.69) is 15.5 Å². The van der Waals surface area contributed by atoms with E-state index in [0.29, 0.717) is 18.0 Å². The molecule has 1 unspecified atom stereocenters. The van der Waals surface area contributed by atoms with Crippen LogP contribution in [0.4, 0.5) is 5.82 Å². The van der Waals surface area contributed by atoms with Crippen molar-refractivity contribution in [2.75, 3.05) is 5.32 Å². The Morgan fingerprint density at radius 2 is 2.04 bits per heavy atom. The molecule has 3 rings (SSSR count). The van der Waals surface area contributed by atoms with Crippen LogP contribution in [0.3, 0.4) is 0 Å². The molecule has 1 N–H and O–H groups in total. The summed E-state index contributed by atoms with van der Waals surface area (Å²) in [5.41, 5.74) is -0.496. The molecule has 0 saturated heterocycles. The molecule has 3 heterocycles. The standard InChI is InChI=1S/C17H22N6O4/c1-5-6-7-11(15(24)19-12-8-10(2)27-20-12)23-9-18-14-13(23)16(25)22(4)17(26)21(14)3/h8-9,11H,5-7H2,1-4H3,(H,19,20,24). The Bertz CT molecular complexity index is 1100. The zero-order valence-electron chi connectivity index (χ0n) is 15.7. The predicted molar refractivity (Wildman–Crippen MR) is 98.6 cm³/mol. The molecule has 10 heteroatoms. The highest BCUT2D eigenvalue weighted by molar-refractivity contribution is 5.93. The number of hydrogen-bond donors (Lipinski definition) is 1. The topological polar surface area (TPSA) is 117 Å². The Hall–Kier alpha value is -3.17. The minimum atomic E-state index is -0.669. The lowest BCUT2D eigenvalue weighted by Gasteiger charge is -2.18. The molecule has 1 atom stereocenters. The second-order valence-corrected chi connectivity index (χ2v) is 6.50. The molecule has 0 aliphatic heterocycles. The average molecular weight is 374 g/mol. The van der Waals surface area contributed by atoms with Crippen molar-refractivity contribution in [3.63, 3.8) is 0 Å². The van der Waals surface area contributed by atoms with E-state index in [9.17, 15) is 14.4 Å². The second-order valence-electron chi connectivity index (χ2n) is 6.50. The molecule has 0 aliphatic carbocycles. The molecule has 0 saturated carbocycles. The van der Waals surface area contributed by atoms with E-state index < -0.39 is 17.3 Å². The van der Waals surface area contributed by atoms with Crippen LogP contribution >= 0.6 is 0 Å². The number of aromatic nitrogens is 5. The number of anilines is 1. The lowest BCUT2D eigenvalue weighted by atomic mass is 10.1. The van der Waals surface area contributed by atoms with Gasteiger partial charge in [0.2, 0.25) is 5.91 Å². The number of amides is 1. The molecular weight excluding hydrogens is 352 g/mol. The Labute approximate surface area is 154 Å². The Morgan fingerprint density at radius 3 is 2.67 bits per heavy atom. The van der Waals surface area contributed by atoms with E-state index in [1.165, 1.54) is 22.5 Å². The summed E-state index contributed by atoms with van der Waals surface area (Å²) < 4.78 is 8.82. The van der Waals surface area contributed by atoms with Gasteiger partial charge in [-0.05, 0) is 13.3 Å². The molecule has 0 spiro atoms. The van der Waals surface area contributed by atoms with Gasteiger partial charge in [-0.1, -0.05) is 24.9 Å². The second kappa shape index (κ2) is 7.22. The van der Waals surface area contributed by atoms with Crippen LogP contribution in [0.1, 0.15) is 38.0 Å². The SMILES string of the molecule is CCCCC(C(=O)Nc1cc(C)on1)n1cnc2c1c(=O)n(C)c(=O)n2C. The zero-order valence-corrected chi connectivity index (χ0v) is 15.7. The van der Waals surface area contributed by atoms with E-state index >= 15 is 0 Å². The molecular formula is C17H22N6O4. The number of carbonyl (C=O) groups excluding carboxylic acids is 1. The van der Waals surface area contributed by atoms with Crippen molar-refractivity contribution in [2.24, 2.45) is 14.1 Å². The van der Waals surface area contributed by atoms with Gasteiger partial charge in [-0.25, -0.2) is 9.78 Å². The summed E-state index contributed by atoms with van der Waals surface area (Å²) in [7, 11) is 2.95. The van der Waals surface area contributed by atoms with Crippen LogP contribution < -0.4 is 16.6 Å². The van der Waals surface area contributed by atoms with Gasteiger partial charge in [0.05, 0.1) is 6.33 Å². The first-order chi connectivity index (χ1) is 12.8. The van der Waals surface area contributed by atoms with Gasteiger partial charge in [0.25, 0.3) is 5.56 Å². The third kappa shape index (κ3) is 3.29. The predicted octanol–water partition coefficient (Wildman–Crippen LogP) is 1.10. The summed E-state index contributed by atoms with van der Waals surface area (Å²) in [6.45, 7) is 3.75. The monoisotopic (exact) mass is 374 g/mol. The lowest BCUT2D eigenvalue weighted by Crippen LogP contribution is -2.38. The number of carbonyl (C=O) groups is 1. The molecule has 144 valence electrons. The first kappa shape index (κ1) is 18.6. The maximum absolute atomic E-state index is 12.9. The van der Waals surface area contributed by atoms with Crippen molar-refractivity contribution < 1.29 is 9.32 Å². The average Bonchev–Trinajstić information content (AvgIpc) is 3.25. The van der Waals surface area contributed by atoms with Crippen LogP contribution in [0.2, 0.25) is 0 Å². The van der Waals surface area contributed by atoms with Crippen molar-refractivity contribution in [3.8, 4) is 0 Å². The molecule has 0 aromatic carbocycles. The minimum Gasteiger partial charge on any atom is -0.360 e. The minimum absolute atomic E-state index is 0.215. The van der Waals surface area contributed by atoms with E-state index in [0.717, 1.165) is 17.4 Å². The summed E-state index contributed by atoms with van der Waals surface area (Å²) in [5, 5.41) is 6.49. The Morgan fingerprint density at radius 1 is 1.30 bits per heavy atom. The van der Waals surface area contributed by atoms with Gasteiger partial charge in [-0.15, -0.1) is 0 Å². The number of rotatable bonds is 6. The van der Waals surface area contributed by atoms with Crippen molar-refractivity contribution in [3.05, 3.63) is 39.0 Å². The third-order valence-electron chi connectivity index (χ3n) is 4.52. The molecule has 27 heavy (non-hydrogen) atoms. The van der Waals surface area contributed by atoms with E-state index in [1.807, 2.05) is 6.92 Å². The highest BCUT2D eigenvalue weighted by atomic mass is 16.5. The quantitative estimate of drug-likeness (QED) is 0.690. The van der Waals surface area contributed by atoms with E-state index in [4.69, 9.17) is 4.52 Å². The van der Waals surface area contributed by atoms with Crippen LogP contribution in [-0.4, -0.2) is 29.7 Å². The largest absolute Gasteiger partial charge is 0.360 e. The zero-order chi connectivity index (χ0) is 19.7. The van der Waals surface area contributed by atoms with E-state index in [1.54, 1.807) is 20.0 Å². The summed E-state index contributed by atoms with van der Waals surface area (Å²) >= 11 is 0. The fourth-order valence-corrected chi connectivity index (χ4v) is 3.03. The Kier molecular flexibility index (Phi) is 4.98. The number of fused-ring (bicyclic) bond motifs is 1. The van der Waals surface area contributed by atoms with Gasteiger partial charge in [0, 0.05) is 20.2 Å². The molecule has 0 aliphatic rings. The van der Waals surface area contributed by atoms with Crippen molar-refractivity contribution in [2.45, 2.75) is 39.2 Å².